The first-order chi connectivity index (χ1) is 7.33. The minimum Gasteiger partial charge on any atom is -0.359 e. The van der Waals surface area contributed by atoms with Crippen molar-refractivity contribution in [1.82, 2.24) is 4.98 Å². The van der Waals surface area contributed by atoms with Gasteiger partial charge in [0.25, 0.3) is 0 Å². The first-order valence-corrected chi connectivity index (χ1v) is 5.82. The van der Waals surface area contributed by atoms with Crippen LogP contribution in [0.5, 0.6) is 0 Å². The van der Waals surface area contributed by atoms with Crippen LogP contribution in [0.4, 0.5) is 11.4 Å². The van der Waals surface area contributed by atoms with Crippen LogP contribution in [0.3, 0.4) is 0 Å². The summed E-state index contributed by atoms with van der Waals surface area (Å²) in [5, 5.41) is 8.63. The SMILES string of the molecule is Clc1nc(C2Nc3ccccc3N2)cs1. The molecule has 0 fully saturated rings. The molecule has 5 heteroatoms. The Kier molecular flexibility index (Phi) is 2.04. The molecule has 3 nitrogen and oxygen atoms in total. The first-order valence-electron chi connectivity index (χ1n) is 4.56. The van der Waals surface area contributed by atoms with Crippen LogP contribution in [-0.4, -0.2) is 4.98 Å². The van der Waals surface area contributed by atoms with Crippen molar-refractivity contribution in [2.24, 2.45) is 0 Å². The van der Waals surface area contributed by atoms with Crippen LogP contribution in [-0.2, 0) is 0 Å². The molecular weight excluding hydrogens is 230 g/mol. The highest BCUT2D eigenvalue weighted by atomic mass is 35.5. The zero-order valence-electron chi connectivity index (χ0n) is 7.70. The molecule has 0 atom stereocenters. The van der Waals surface area contributed by atoms with E-state index in [0.717, 1.165) is 17.1 Å². The van der Waals surface area contributed by atoms with Crippen LogP contribution in [0, 0.1) is 0 Å². The molecule has 0 spiro atoms. The van der Waals surface area contributed by atoms with Gasteiger partial charge in [-0.1, -0.05) is 23.7 Å². The second kappa shape index (κ2) is 3.40. The van der Waals surface area contributed by atoms with E-state index in [0.29, 0.717) is 4.47 Å². The summed E-state index contributed by atoms with van der Waals surface area (Å²) in [6, 6.07) is 8.08. The van der Waals surface area contributed by atoms with Gasteiger partial charge in [0.15, 0.2) is 4.47 Å². The van der Waals surface area contributed by atoms with Gasteiger partial charge in [-0.05, 0) is 12.1 Å². The highest BCUT2D eigenvalue weighted by molar-refractivity contribution is 7.13. The largest absolute Gasteiger partial charge is 0.359 e. The summed E-state index contributed by atoms with van der Waals surface area (Å²) >= 11 is 7.25. The number of hydrogen-bond acceptors (Lipinski definition) is 4. The lowest BCUT2D eigenvalue weighted by atomic mass is 10.3. The highest BCUT2D eigenvalue weighted by Gasteiger charge is 2.22. The molecule has 2 heterocycles. The smallest absolute Gasteiger partial charge is 0.183 e. The summed E-state index contributed by atoms with van der Waals surface area (Å²) < 4.78 is 0.574. The van der Waals surface area contributed by atoms with Gasteiger partial charge in [-0.2, -0.15) is 0 Å². The average molecular weight is 238 g/mol. The number of nitrogens with zero attached hydrogens (tertiary/aromatic N) is 1. The normalized spacial score (nSPS) is 14.5. The second-order valence-corrected chi connectivity index (χ2v) is 4.73. The number of hydrogen-bond donors (Lipinski definition) is 2. The number of halogens is 1. The minimum absolute atomic E-state index is 0.0335. The zero-order chi connectivity index (χ0) is 10.3. The van der Waals surface area contributed by atoms with E-state index in [4.69, 9.17) is 11.6 Å². The van der Waals surface area contributed by atoms with Crippen LogP contribution in [0.15, 0.2) is 29.6 Å². The Balaban J connectivity index is 1.90. The molecule has 2 aromatic rings. The van der Waals surface area contributed by atoms with E-state index in [1.807, 2.05) is 29.6 Å². The average Bonchev–Trinajstić information content (AvgIpc) is 2.82. The lowest BCUT2D eigenvalue weighted by molar-refractivity contribution is 0.900. The van der Waals surface area contributed by atoms with Crippen molar-refractivity contribution in [3.05, 3.63) is 39.8 Å². The lowest BCUT2D eigenvalue weighted by Crippen LogP contribution is -2.12. The summed E-state index contributed by atoms with van der Waals surface area (Å²) in [6.07, 6.45) is 0.0335. The van der Waals surface area contributed by atoms with Crippen LogP contribution in [0.1, 0.15) is 11.9 Å². The summed E-state index contributed by atoms with van der Waals surface area (Å²) in [7, 11) is 0. The topological polar surface area (TPSA) is 37.0 Å². The minimum atomic E-state index is 0.0335. The van der Waals surface area contributed by atoms with E-state index < -0.39 is 0 Å². The molecule has 1 aliphatic rings. The van der Waals surface area contributed by atoms with Crippen molar-refractivity contribution < 1.29 is 0 Å². The number of rotatable bonds is 1. The Hall–Kier alpha value is -1.26. The Bertz CT molecular complexity index is 472. The van der Waals surface area contributed by atoms with Gasteiger partial charge in [0, 0.05) is 5.38 Å². The molecule has 0 saturated heterocycles. The highest BCUT2D eigenvalue weighted by Crippen LogP contribution is 2.35. The van der Waals surface area contributed by atoms with Crippen LogP contribution in [0.2, 0.25) is 4.47 Å². The van der Waals surface area contributed by atoms with Gasteiger partial charge < -0.3 is 10.6 Å². The fourth-order valence-electron chi connectivity index (χ4n) is 1.63. The fraction of sp³-hybridized carbons (Fsp3) is 0.100. The third kappa shape index (κ3) is 1.56. The van der Waals surface area contributed by atoms with E-state index in [2.05, 4.69) is 15.6 Å². The predicted octanol–water partition coefficient (Wildman–Crippen LogP) is 3.33. The van der Waals surface area contributed by atoms with Crippen LogP contribution >= 0.6 is 22.9 Å². The van der Waals surface area contributed by atoms with Crippen LogP contribution < -0.4 is 10.6 Å². The number of fused-ring (bicyclic) bond motifs is 1. The molecule has 0 radical (unpaired) electrons. The number of aromatic nitrogens is 1. The van der Waals surface area contributed by atoms with Crippen molar-refractivity contribution in [2.75, 3.05) is 10.6 Å². The Morgan fingerprint density at radius 3 is 2.40 bits per heavy atom. The van der Waals surface area contributed by atoms with Gasteiger partial charge in [-0.25, -0.2) is 4.98 Å². The third-order valence-corrected chi connectivity index (χ3v) is 3.31. The van der Waals surface area contributed by atoms with Gasteiger partial charge in [-0.3, -0.25) is 0 Å². The van der Waals surface area contributed by atoms with Crippen molar-refractivity contribution in [1.29, 1.82) is 0 Å². The van der Waals surface area contributed by atoms with Gasteiger partial charge in [0.2, 0.25) is 0 Å². The summed E-state index contributed by atoms with van der Waals surface area (Å²) in [6.45, 7) is 0. The third-order valence-electron chi connectivity index (χ3n) is 2.32. The number of para-hydroxylation sites is 2. The van der Waals surface area contributed by atoms with E-state index in [-0.39, 0.29) is 6.17 Å². The van der Waals surface area contributed by atoms with Crippen molar-refractivity contribution in [3.63, 3.8) is 0 Å². The summed E-state index contributed by atoms with van der Waals surface area (Å²) in [5.41, 5.74) is 3.14. The van der Waals surface area contributed by atoms with E-state index >= 15 is 0 Å². The lowest BCUT2D eigenvalue weighted by Gasteiger charge is -2.08. The quantitative estimate of drug-likeness (QED) is 0.799. The van der Waals surface area contributed by atoms with Crippen molar-refractivity contribution >= 4 is 34.3 Å². The predicted molar refractivity (Wildman–Crippen MR) is 63.6 cm³/mol. The Labute approximate surface area is 96.1 Å². The molecule has 15 heavy (non-hydrogen) atoms. The molecule has 3 rings (SSSR count). The number of thiazole rings is 1. The number of anilines is 2. The van der Waals surface area contributed by atoms with E-state index in [9.17, 15) is 0 Å². The molecule has 76 valence electrons. The maximum Gasteiger partial charge on any atom is 0.183 e. The van der Waals surface area contributed by atoms with Gasteiger partial charge in [0.05, 0.1) is 17.1 Å². The van der Waals surface area contributed by atoms with Crippen molar-refractivity contribution in [2.45, 2.75) is 6.17 Å². The summed E-state index contributed by atoms with van der Waals surface area (Å²) in [4.78, 5) is 4.23. The number of nitrogens with one attached hydrogen (secondary N) is 2. The van der Waals surface area contributed by atoms with E-state index in [1.165, 1.54) is 11.3 Å². The van der Waals surface area contributed by atoms with Crippen LogP contribution in [0.25, 0.3) is 0 Å². The standard InChI is InChI=1S/C10H8ClN3S/c11-10-14-8(5-15-10)9-12-6-3-1-2-4-7(6)13-9/h1-5,9,12-13H. The Morgan fingerprint density at radius 1 is 1.20 bits per heavy atom. The molecule has 1 aliphatic heterocycles. The molecule has 2 N–H and O–H groups in total. The maximum absolute atomic E-state index is 5.80. The van der Waals surface area contributed by atoms with Crippen molar-refractivity contribution in [3.8, 4) is 0 Å². The maximum atomic E-state index is 5.80. The monoisotopic (exact) mass is 237 g/mol. The Morgan fingerprint density at radius 2 is 1.87 bits per heavy atom. The molecule has 0 aliphatic carbocycles. The molecular formula is C10H8ClN3S. The van der Waals surface area contributed by atoms with Gasteiger partial charge in [-0.15, -0.1) is 11.3 Å². The van der Waals surface area contributed by atoms with Gasteiger partial charge >= 0.3 is 0 Å². The molecule has 0 bridgehead atoms. The zero-order valence-corrected chi connectivity index (χ0v) is 9.27. The van der Waals surface area contributed by atoms with Gasteiger partial charge in [0.1, 0.15) is 6.17 Å². The molecule has 0 amide bonds. The fourth-order valence-corrected chi connectivity index (χ4v) is 2.42. The molecule has 1 aromatic carbocycles. The summed E-state index contributed by atoms with van der Waals surface area (Å²) in [5.74, 6) is 0. The first kappa shape index (κ1) is 9.00. The van der Waals surface area contributed by atoms with E-state index in [1.54, 1.807) is 0 Å². The number of benzene rings is 1. The molecule has 0 unspecified atom stereocenters. The molecule has 1 aromatic heterocycles. The second-order valence-electron chi connectivity index (χ2n) is 3.29. The molecule has 0 saturated carbocycles.